The van der Waals surface area contributed by atoms with Gasteiger partial charge in [-0.25, -0.2) is 15.0 Å². The van der Waals surface area contributed by atoms with Crippen molar-refractivity contribution in [2.75, 3.05) is 0 Å². The smallest absolute Gasteiger partial charge is 0.387 e. The molecule has 0 amide bonds. The van der Waals surface area contributed by atoms with Gasteiger partial charge in [-0.15, -0.1) is 0 Å². The normalized spacial score (nSPS) is 12.7. The quantitative estimate of drug-likeness (QED) is 0.896. The molecule has 2 aromatic rings. The van der Waals surface area contributed by atoms with Crippen LogP contribution in [0.3, 0.4) is 0 Å². The van der Waals surface area contributed by atoms with Crippen LogP contribution in [0.25, 0.3) is 11.5 Å². The van der Waals surface area contributed by atoms with Crippen LogP contribution in [0.2, 0.25) is 0 Å². The molecule has 0 fully saturated rings. The van der Waals surface area contributed by atoms with E-state index in [1.54, 1.807) is 6.92 Å². The van der Waals surface area contributed by atoms with Crippen molar-refractivity contribution < 1.29 is 17.9 Å². The summed E-state index contributed by atoms with van der Waals surface area (Å²) in [6.07, 6.45) is 3.49. The van der Waals surface area contributed by atoms with E-state index < -0.39 is 6.61 Å². The molecule has 0 aliphatic carbocycles. The van der Waals surface area contributed by atoms with Gasteiger partial charge in [-0.2, -0.15) is 8.78 Å². The van der Waals surface area contributed by atoms with Crippen molar-refractivity contribution in [3.63, 3.8) is 0 Å². The zero-order chi connectivity index (χ0) is 13.1. The van der Waals surface area contributed by atoms with Gasteiger partial charge < -0.3 is 14.9 Å². The summed E-state index contributed by atoms with van der Waals surface area (Å²) in [6.45, 7) is -1.19. The zero-order valence-corrected chi connectivity index (χ0v) is 9.38. The van der Waals surface area contributed by atoms with Gasteiger partial charge in [0.15, 0.2) is 29.4 Å². The van der Waals surface area contributed by atoms with Crippen LogP contribution in [0.5, 0.6) is 5.75 Å². The van der Waals surface area contributed by atoms with E-state index in [1.807, 2.05) is 0 Å². The van der Waals surface area contributed by atoms with Gasteiger partial charge in [-0.1, -0.05) is 0 Å². The second-order valence-corrected chi connectivity index (χ2v) is 3.47. The van der Waals surface area contributed by atoms with E-state index in [9.17, 15) is 8.78 Å². The van der Waals surface area contributed by atoms with Gasteiger partial charge in [0.1, 0.15) is 0 Å². The second-order valence-electron chi connectivity index (χ2n) is 3.47. The minimum Gasteiger partial charge on any atom is -0.446 e. The summed E-state index contributed by atoms with van der Waals surface area (Å²) in [6, 6.07) is -0.372. The number of ether oxygens (including phenoxy) is 1. The molecule has 1 atom stereocenters. The van der Waals surface area contributed by atoms with Crippen molar-refractivity contribution in [2.45, 2.75) is 19.6 Å². The lowest BCUT2D eigenvalue weighted by Crippen LogP contribution is -2.06. The average Bonchev–Trinajstić information content (AvgIpc) is 2.78. The summed E-state index contributed by atoms with van der Waals surface area (Å²) in [5, 5.41) is 0. The molecule has 0 aliphatic heterocycles. The number of nitrogens with two attached hydrogens (primary N) is 1. The second kappa shape index (κ2) is 5.05. The van der Waals surface area contributed by atoms with Crippen molar-refractivity contribution in [3.05, 3.63) is 24.5 Å². The fourth-order valence-electron chi connectivity index (χ4n) is 1.35. The molecular weight excluding hydrogens is 246 g/mol. The molecule has 2 rings (SSSR count). The summed E-state index contributed by atoms with van der Waals surface area (Å²) >= 11 is 0. The SMILES string of the molecule is CC(N)c1ocnc1-c1ncc(OC(F)F)cn1. The van der Waals surface area contributed by atoms with Crippen LogP contribution in [0.15, 0.2) is 23.2 Å². The summed E-state index contributed by atoms with van der Waals surface area (Å²) in [7, 11) is 0. The maximum atomic E-state index is 11.9. The molecule has 1 unspecified atom stereocenters. The Labute approximate surface area is 101 Å². The van der Waals surface area contributed by atoms with E-state index in [0.29, 0.717) is 11.5 Å². The van der Waals surface area contributed by atoms with Crippen LogP contribution in [0.4, 0.5) is 8.78 Å². The highest BCUT2D eigenvalue weighted by Crippen LogP contribution is 2.23. The Hall–Kier alpha value is -2.09. The minimum absolute atomic E-state index is 0.125. The third kappa shape index (κ3) is 2.59. The number of alkyl halides is 2. The largest absolute Gasteiger partial charge is 0.446 e. The Morgan fingerprint density at radius 2 is 1.94 bits per heavy atom. The Morgan fingerprint density at radius 1 is 1.28 bits per heavy atom. The Kier molecular flexibility index (Phi) is 3.47. The molecule has 0 bridgehead atoms. The van der Waals surface area contributed by atoms with E-state index >= 15 is 0 Å². The lowest BCUT2D eigenvalue weighted by molar-refractivity contribution is -0.0503. The summed E-state index contributed by atoms with van der Waals surface area (Å²) < 4.78 is 33.1. The topological polar surface area (TPSA) is 87.1 Å². The highest BCUT2D eigenvalue weighted by molar-refractivity contribution is 5.52. The molecule has 0 spiro atoms. The predicted octanol–water partition coefficient (Wildman–Crippen LogP) is 1.75. The van der Waals surface area contributed by atoms with Crippen molar-refractivity contribution in [2.24, 2.45) is 5.73 Å². The first-order valence-corrected chi connectivity index (χ1v) is 5.04. The maximum Gasteiger partial charge on any atom is 0.387 e. The van der Waals surface area contributed by atoms with Crippen molar-refractivity contribution in [3.8, 4) is 17.3 Å². The molecule has 2 heterocycles. The maximum absolute atomic E-state index is 11.9. The third-order valence-corrected chi connectivity index (χ3v) is 2.07. The van der Waals surface area contributed by atoms with Gasteiger partial charge >= 0.3 is 6.61 Å². The molecule has 0 radical (unpaired) electrons. The highest BCUT2D eigenvalue weighted by Gasteiger charge is 2.16. The van der Waals surface area contributed by atoms with Crippen LogP contribution in [-0.4, -0.2) is 21.6 Å². The first-order valence-electron chi connectivity index (χ1n) is 5.04. The molecule has 0 saturated heterocycles. The Balaban J connectivity index is 2.26. The van der Waals surface area contributed by atoms with E-state index in [0.717, 1.165) is 12.4 Å². The van der Waals surface area contributed by atoms with Crippen LogP contribution in [0.1, 0.15) is 18.7 Å². The molecule has 96 valence electrons. The number of hydrogen-bond acceptors (Lipinski definition) is 6. The number of nitrogens with zero attached hydrogens (tertiary/aromatic N) is 3. The first kappa shape index (κ1) is 12.4. The standard InChI is InChI=1S/C10H10F2N4O2/c1-5(13)8-7(16-4-17-8)9-14-2-6(3-15-9)18-10(11)12/h2-5,10H,13H2,1H3. The molecule has 0 aliphatic rings. The van der Waals surface area contributed by atoms with Gasteiger partial charge in [0.2, 0.25) is 0 Å². The van der Waals surface area contributed by atoms with Crippen LogP contribution >= 0.6 is 0 Å². The number of rotatable bonds is 4. The lowest BCUT2D eigenvalue weighted by Gasteiger charge is -2.05. The van der Waals surface area contributed by atoms with Crippen molar-refractivity contribution in [1.82, 2.24) is 15.0 Å². The number of oxazole rings is 1. The predicted molar refractivity (Wildman–Crippen MR) is 56.8 cm³/mol. The summed E-state index contributed by atoms with van der Waals surface area (Å²) in [4.78, 5) is 11.7. The Bertz CT molecular complexity index is 513. The third-order valence-electron chi connectivity index (χ3n) is 2.07. The van der Waals surface area contributed by atoms with Gasteiger partial charge in [-0.05, 0) is 6.92 Å². The molecular formula is C10H10F2N4O2. The fraction of sp³-hybridized carbons (Fsp3) is 0.300. The van der Waals surface area contributed by atoms with E-state index in [-0.39, 0.29) is 17.6 Å². The van der Waals surface area contributed by atoms with E-state index in [1.165, 1.54) is 6.39 Å². The van der Waals surface area contributed by atoms with Gasteiger partial charge in [0.05, 0.1) is 18.4 Å². The molecule has 8 heteroatoms. The fourth-order valence-corrected chi connectivity index (χ4v) is 1.35. The van der Waals surface area contributed by atoms with Gasteiger partial charge in [0, 0.05) is 0 Å². The minimum atomic E-state index is -2.91. The monoisotopic (exact) mass is 256 g/mol. The highest BCUT2D eigenvalue weighted by atomic mass is 19.3. The zero-order valence-electron chi connectivity index (χ0n) is 9.38. The van der Waals surface area contributed by atoms with Gasteiger partial charge in [0.25, 0.3) is 0 Å². The van der Waals surface area contributed by atoms with Crippen molar-refractivity contribution in [1.29, 1.82) is 0 Å². The molecule has 18 heavy (non-hydrogen) atoms. The van der Waals surface area contributed by atoms with Crippen molar-refractivity contribution >= 4 is 0 Å². The number of halogens is 2. The van der Waals surface area contributed by atoms with Gasteiger partial charge in [-0.3, -0.25) is 0 Å². The molecule has 0 saturated carbocycles. The molecule has 0 aromatic carbocycles. The van der Waals surface area contributed by atoms with E-state index in [2.05, 4.69) is 19.7 Å². The molecule has 2 N–H and O–H groups in total. The molecule has 6 nitrogen and oxygen atoms in total. The lowest BCUT2D eigenvalue weighted by atomic mass is 10.2. The Morgan fingerprint density at radius 3 is 2.50 bits per heavy atom. The summed E-state index contributed by atoms with van der Waals surface area (Å²) in [5.41, 5.74) is 6.06. The number of aromatic nitrogens is 3. The van der Waals surface area contributed by atoms with Crippen LogP contribution in [0, 0.1) is 0 Å². The van der Waals surface area contributed by atoms with E-state index in [4.69, 9.17) is 10.2 Å². The molecule has 2 aromatic heterocycles. The summed E-state index contributed by atoms with van der Waals surface area (Å²) in [5.74, 6) is 0.537. The first-order chi connectivity index (χ1) is 8.58. The van der Waals surface area contributed by atoms with Crippen LogP contribution in [-0.2, 0) is 0 Å². The average molecular weight is 256 g/mol. The van der Waals surface area contributed by atoms with Crippen LogP contribution < -0.4 is 10.5 Å². The number of hydrogen-bond donors (Lipinski definition) is 1.